The van der Waals surface area contributed by atoms with Gasteiger partial charge in [-0.2, -0.15) is 13.2 Å². The quantitative estimate of drug-likeness (QED) is 0.644. The zero-order chi connectivity index (χ0) is 19.6. The fourth-order valence-corrected chi connectivity index (χ4v) is 4.75. The van der Waals surface area contributed by atoms with E-state index in [1.807, 2.05) is 18.2 Å². The Bertz CT molecular complexity index is 828. The highest BCUT2D eigenvalue weighted by atomic mass is 32.2. The molecule has 0 aromatic heterocycles. The van der Waals surface area contributed by atoms with Crippen molar-refractivity contribution < 1.29 is 22.6 Å². The van der Waals surface area contributed by atoms with E-state index >= 15 is 0 Å². The molecule has 1 atom stereocenters. The molecule has 1 fully saturated rings. The lowest BCUT2D eigenvalue weighted by Gasteiger charge is -2.20. The highest BCUT2D eigenvalue weighted by Gasteiger charge is 2.36. The van der Waals surface area contributed by atoms with Gasteiger partial charge in [0.15, 0.2) is 11.5 Å². The molecule has 2 aliphatic rings. The third kappa shape index (κ3) is 4.41. The number of nitrogens with zero attached hydrogens (tertiary/aromatic N) is 1. The number of hydrogen-bond acceptors (Lipinski definition) is 4. The minimum atomic E-state index is -4.29. The number of halogens is 3. The summed E-state index contributed by atoms with van der Waals surface area (Å²) in [4.78, 5) is 3.37. The molecule has 7 heteroatoms. The van der Waals surface area contributed by atoms with E-state index in [4.69, 9.17) is 9.47 Å². The first-order chi connectivity index (χ1) is 13.5. The van der Waals surface area contributed by atoms with Crippen LogP contribution in [-0.4, -0.2) is 43.5 Å². The molecular weight excluding hydrogens is 387 g/mol. The first kappa shape index (κ1) is 19.5. The Kier molecular flexibility index (Phi) is 5.73. The van der Waals surface area contributed by atoms with E-state index in [-0.39, 0.29) is 5.92 Å². The molecule has 0 N–H and O–H groups in total. The van der Waals surface area contributed by atoms with Crippen LogP contribution >= 0.6 is 11.8 Å². The minimum Gasteiger partial charge on any atom is -0.486 e. The SMILES string of the molecule is FC(F)(F)c1ccccc1C1CCN(CCSc2ccc3c(c2)OCCO3)C1. The van der Waals surface area contributed by atoms with E-state index in [9.17, 15) is 13.2 Å². The molecule has 0 spiro atoms. The van der Waals surface area contributed by atoms with Gasteiger partial charge in [0, 0.05) is 23.7 Å². The lowest BCUT2D eigenvalue weighted by Crippen LogP contribution is -2.23. The lowest BCUT2D eigenvalue weighted by atomic mass is 9.93. The summed E-state index contributed by atoms with van der Waals surface area (Å²) in [6.07, 6.45) is -3.53. The molecule has 150 valence electrons. The van der Waals surface area contributed by atoms with Crippen molar-refractivity contribution in [2.75, 3.05) is 38.6 Å². The first-order valence-electron chi connectivity index (χ1n) is 9.41. The van der Waals surface area contributed by atoms with E-state index in [2.05, 4.69) is 4.90 Å². The average molecular weight is 409 g/mol. The predicted octanol–water partition coefficient (Wildman–Crippen LogP) is 5.06. The highest BCUT2D eigenvalue weighted by Crippen LogP contribution is 2.38. The topological polar surface area (TPSA) is 21.7 Å². The van der Waals surface area contributed by atoms with Gasteiger partial charge in [-0.3, -0.25) is 0 Å². The van der Waals surface area contributed by atoms with Gasteiger partial charge >= 0.3 is 6.18 Å². The number of fused-ring (bicyclic) bond motifs is 1. The second-order valence-corrected chi connectivity index (χ2v) is 8.19. The summed E-state index contributed by atoms with van der Waals surface area (Å²) in [6, 6.07) is 11.9. The van der Waals surface area contributed by atoms with Crippen LogP contribution in [0.1, 0.15) is 23.5 Å². The third-order valence-electron chi connectivity index (χ3n) is 5.17. The van der Waals surface area contributed by atoms with Crippen LogP contribution in [0.3, 0.4) is 0 Å². The fraction of sp³-hybridized carbons (Fsp3) is 0.429. The van der Waals surface area contributed by atoms with Crippen molar-refractivity contribution in [3.05, 3.63) is 53.6 Å². The van der Waals surface area contributed by atoms with Crippen LogP contribution in [0.2, 0.25) is 0 Å². The molecule has 1 unspecified atom stereocenters. The number of likely N-dealkylation sites (tertiary alicyclic amines) is 1. The first-order valence-corrected chi connectivity index (χ1v) is 10.4. The number of benzene rings is 2. The summed E-state index contributed by atoms with van der Waals surface area (Å²) < 4.78 is 51.0. The second-order valence-electron chi connectivity index (χ2n) is 7.03. The van der Waals surface area contributed by atoms with Crippen molar-refractivity contribution in [2.45, 2.75) is 23.4 Å². The average Bonchev–Trinajstić information content (AvgIpc) is 3.16. The van der Waals surface area contributed by atoms with E-state index < -0.39 is 11.7 Å². The van der Waals surface area contributed by atoms with Crippen molar-refractivity contribution >= 4 is 11.8 Å². The van der Waals surface area contributed by atoms with Gasteiger partial charge < -0.3 is 14.4 Å². The van der Waals surface area contributed by atoms with Crippen LogP contribution in [-0.2, 0) is 6.18 Å². The van der Waals surface area contributed by atoms with Crippen molar-refractivity contribution in [1.29, 1.82) is 0 Å². The summed E-state index contributed by atoms with van der Waals surface area (Å²) in [5, 5.41) is 0. The third-order valence-corrected chi connectivity index (χ3v) is 6.14. The van der Waals surface area contributed by atoms with Crippen LogP contribution < -0.4 is 9.47 Å². The molecule has 28 heavy (non-hydrogen) atoms. The van der Waals surface area contributed by atoms with E-state index in [1.165, 1.54) is 12.1 Å². The second kappa shape index (κ2) is 8.25. The Morgan fingerprint density at radius 2 is 1.82 bits per heavy atom. The largest absolute Gasteiger partial charge is 0.486 e. The molecule has 0 amide bonds. The van der Waals surface area contributed by atoms with E-state index in [0.717, 1.165) is 41.7 Å². The summed E-state index contributed by atoms with van der Waals surface area (Å²) in [6.45, 7) is 3.50. The molecule has 0 aliphatic carbocycles. The number of alkyl halides is 3. The maximum Gasteiger partial charge on any atom is 0.416 e. The van der Waals surface area contributed by atoms with Crippen molar-refractivity contribution in [3.63, 3.8) is 0 Å². The molecule has 0 bridgehead atoms. The Labute approximate surface area is 166 Å². The Morgan fingerprint density at radius 3 is 2.64 bits per heavy atom. The summed E-state index contributed by atoms with van der Waals surface area (Å²) in [7, 11) is 0. The molecule has 4 rings (SSSR count). The fourth-order valence-electron chi connectivity index (χ4n) is 3.81. The smallest absolute Gasteiger partial charge is 0.416 e. The van der Waals surface area contributed by atoms with E-state index in [1.54, 1.807) is 23.9 Å². The van der Waals surface area contributed by atoms with Gasteiger partial charge in [-0.25, -0.2) is 0 Å². The molecule has 2 aliphatic heterocycles. The molecule has 2 heterocycles. The van der Waals surface area contributed by atoms with Crippen LogP contribution in [0.25, 0.3) is 0 Å². The zero-order valence-corrected chi connectivity index (χ0v) is 16.2. The maximum absolute atomic E-state index is 13.3. The van der Waals surface area contributed by atoms with Gasteiger partial charge in [0.25, 0.3) is 0 Å². The van der Waals surface area contributed by atoms with Crippen molar-refractivity contribution in [1.82, 2.24) is 4.90 Å². The molecule has 0 radical (unpaired) electrons. The van der Waals surface area contributed by atoms with Crippen LogP contribution in [0.5, 0.6) is 11.5 Å². The lowest BCUT2D eigenvalue weighted by molar-refractivity contribution is -0.138. The summed E-state index contributed by atoms with van der Waals surface area (Å²) >= 11 is 1.73. The zero-order valence-electron chi connectivity index (χ0n) is 15.4. The monoisotopic (exact) mass is 409 g/mol. The molecule has 2 aromatic rings. The normalized spacial score (nSPS) is 19.8. The number of ether oxygens (including phenoxy) is 2. The van der Waals surface area contributed by atoms with Crippen molar-refractivity contribution in [3.8, 4) is 11.5 Å². The van der Waals surface area contributed by atoms with Crippen LogP contribution in [0.15, 0.2) is 47.4 Å². The van der Waals surface area contributed by atoms with Crippen LogP contribution in [0, 0.1) is 0 Å². The Morgan fingerprint density at radius 1 is 1.04 bits per heavy atom. The van der Waals surface area contributed by atoms with Gasteiger partial charge in [0.1, 0.15) is 13.2 Å². The Balaban J connectivity index is 1.31. The molecular formula is C21H22F3NO2S. The minimum absolute atomic E-state index is 0.0582. The van der Waals surface area contributed by atoms with Crippen molar-refractivity contribution in [2.24, 2.45) is 0 Å². The molecule has 2 aromatic carbocycles. The predicted molar refractivity (Wildman–Crippen MR) is 103 cm³/mol. The van der Waals surface area contributed by atoms with Gasteiger partial charge in [0.05, 0.1) is 5.56 Å². The summed E-state index contributed by atoms with van der Waals surface area (Å²) in [5.74, 6) is 2.38. The van der Waals surface area contributed by atoms with Gasteiger partial charge in [-0.1, -0.05) is 18.2 Å². The Hall–Kier alpha value is -1.86. The number of hydrogen-bond donors (Lipinski definition) is 0. The number of thioether (sulfide) groups is 1. The van der Waals surface area contributed by atoms with Gasteiger partial charge in [0.2, 0.25) is 0 Å². The highest BCUT2D eigenvalue weighted by molar-refractivity contribution is 7.99. The molecule has 1 saturated heterocycles. The molecule has 0 saturated carbocycles. The molecule has 3 nitrogen and oxygen atoms in total. The van der Waals surface area contributed by atoms with Gasteiger partial charge in [-0.15, -0.1) is 11.8 Å². The number of rotatable bonds is 5. The maximum atomic E-state index is 13.3. The van der Waals surface area contributed by atoms with Gasteiger partial charge in [-0.05, 0) is 48.7 Å². The standard InChI is InChI=1S/C21H22F3NO2S/c22-21(23,24)18-4-2-1-3-17(18)15-7-8-25(14-15)9-12-28-16-5-6-19-20(13-16)27-11-10-26-19/h1-6,13,15H,7-12,14H2. The summed E-state index contributed by atoms with van der Waals surface area (Å²) in [5.41, 5.74) is -0.0653. The van der Waals surface area contributed by atoms with E-state index in [0.29, 0.717) is 25.3 Å². The van der Waals surface area contributed by atoms with Crippen LogP contribution in [0.4, 0.5) is 13.2 Å².